The van der Waals surface area contributed by atoms with E-state index in [1.165, 1.54) is 0 Å². The van der Waals surface area contributed by atoms with Gasteiger partial charge < -0.3 is 18.9 Å². The lowest BCUT2D eigenvalue weighted by Gasteiger charge is -2.14. The van der Waals surface area contributed by atoms with Crippen LogP contribution in [0.4, 0.5) is 0 Å². The van der Waals surface area contributed by atoms with Crippen molar-refractivity contribution >= 4 is 16.1 Å². The third-order valence-corrected chi connectivity index (χ3v) is 4.35. The van der Waals surface area contributed by atoms with E-state index in [0.717, 1.165) is 17.6 Å². The largest absolute Gasteiger partial charge is 0.491 e. The van der Waals surface area contributed by atoms with Gasteiger partial charge >= 0.3 is 5.97 Å². The standard InChI is InChI=1S/C20H32O8S/c1-4-24-13-14-25-15-16-27-18-11-9-17(10-12-18)7-6-8-19(20(21)26-5-2)28-29(3,22)23/h9-12,19H,4-8,13-16H2,1-3H3. The van der Waals surface area contributed by atoms with Crippen LogP contribution in [0.2, 0.25) is 0 Å². The first-order valence-electron chi connectivity index (χ1n) is 9.77. The maximum atomic E-state index is 11.9. The Morgan fingerprint density at radius 3 is 2.24 bits per heavy atom. The minimum Gasteiger partial charge on any atom is -0.491 e. The molecule has 9 heteroatoms. The van der Waals surface area contributed by atoms with Gasteiger partial charge in [-0.15, -0.1) is 0 Å². The van der Waals surface area contributed by atoms with Crippen LogP contribution in [0, 0.1) is 0 Å². The van der Waals surface area contributed by atoms with Gasteiger partial charge in [0.05, 0.1) is 32.7 Å². The normalized spacial score (nSPS) is 12.5. The van der Waals surface area contributed by atoms with Gasteiger partial charge in [0.15, 0.2) is 6.10 Å². The summed E-state index contributed by atoms with van der Waals surface area (Å²) >= 11 is 0. The molecule has 1 aromatic carbocycles. The fraction of sp³-hybridized carbons (Fsp3) is 0.650. The molecule has 0 aliphatic heterocycles. The van der Waals surface area contributed by atoms with Gasteiger partial charge in [0.2, 0.25) is 0 Å². The summed E-state index contributed by atoms with van der Waals surface area (Å²) in [5.41, 5.74) is 1.05. The molecule has 166 valence electrons. The highest BCUT2D eigenvalue weighted by molar-refractivity contribution is 7.86. The Morgan fingerprint density at radius 2 is 1.62 bits per heavy atom. The molecule has 0 aromatic heterocycles. The van der Waals surface area contributed by atoms with Crippen molar-refractivity contribution in [2.45, 2.75) is 39.2 Å². The molecule has 0 aliphatic carbocycles. The molecule has 0 heterocycles. The average Bonchev–Trinajstić information content (AvgIpc) is 2.67. The summed E-state index contributed by atoms with van der Waals surface area (Å²) < 4.78 is 48.6. The van der Waals surface area contributed by atoms with Crippen molar-refractivity contribution in [1.29, 1.82) is 0 Å². The Bertz CT molecular complexity index is 672. The van der Waals surface area contributed by atoms with Crippen molar-refractivity contribution in [3.05, 3.63) is 29.8 Å². The lowest BCUT2D eigenvalue weighted by atomic mass is 10.1. The first-order chi connectivity index (χ1) is 13.9. The van der Waals surface area contributed by atoms with E-state index in [2.05, 4.69) is 0 Å². The molecule has 0 radical (unpaired) electrons. The molecular weight excluding hydrogens is 400 g/mol. The number of benzene rings is 1. The SMILES string of the molecule is CCOCCOCCOc1ccc(CCCC(OS(C)(=O)=O)C(=O)OCC)cc1. The van der Waals surface area contributed by atoms with Crippen molar-refractivity contribution in [2.75, 3.05) is 45.9 Å². The first kappa shape index (κ1) is 25.4. The maximum absolute atomic E-state index is 11.9. The predicted molar refractivity (Wildman–Crippen MR) is 109 cm³/mol. The minimum absolute atomic E-state index is 0.168. The van der Waals surface area contributed by atoms with Gasteiger partial charge in [-0.1, -0.05) is 12.1 Å². The third-order valence-electron chi connectivity index (χ3n) is 3.77. The Morgan fingerprint density at radius 1 is 0.966 bits per heavy atom. The molecule has 0 spiro atoms. The van der Waals surface area contributed by atoms with E-state index in [4.69, 9.17) is 23.1 Å². The molecule has 1 atom stereocenters. The summed E-state index contributed by atoms with van der Waals surface area (Å²) in [6, 6.07) is 7.60. The molecule has 1 unspecified atom stereocenters. The highest BCUT2D eigenvalue weighted by atomic mass is 32.2. The van der Waals surface area contributed by atoms with E-state index in [-0.39, 0.29) is 13.0 Å². The molecule has 1 aromatic rings. The fourth-order valence-electron chi connectivity index (χ4n) is 2.48. The lowest BCUT2D eigenvalue weighted by molar-refractivity contribution is -0.151. The van der Waals surface area contributed by atoms with E-state index < -0.39 is 22.2 Å². The van der Waals surface area contributed by atoms with E-state index in [1.807, 2.05) is 31.2 Å². The number of rotatable bonds is 16. The number of hydrogen-bond acceptors (Lipinski definition) is 8. The van der Waals surface area contributed by atoms with Crippen LogP contribution < -0.4 is 4.74 Å². The van der Waals surface area contributed by atoms with Crippen LogP contribution in [-0.4, -0.2) is 66.4 Å². The predicted octanol–water partition coefficient (Wildman–Crippen LogP) is 2.35. The molecular formula is C20H32O8S. The van der Waals surface area contributed by atoms with Gasteiger partial charge in [0, 0.05) is 6.61 Å². The molecule has 0 fully saturated rings. The van der Waals surface area contributed by atoms with E-state index >= 15 is 0 Å². The number of aryl methyl sites for hydroxylation is 1. The second kappa shape index (κ2) is 14.3. The molecule has 0 saturated heterocycles. The summed E-state index contributed by atoms with van der Waals surface area (Å²) in [4.78, 5) is 11.9. The van der Waals surface area contributed by atoms with Crippen LogP contribution in [0.25, 0.3) is 0 Å². The molecule has 8 nitrogen and oxygen atoms in total. The molecule has 0 saturated carbocycles. The van der Waals surface area contributed by atoms with Crippen LogP contribution in [0.3, 0.4) is 0 Å². The van der Waals surface area contributed by atoms with Crippen LogP contribution in [-0.2, 0) is 39.7 Å². The number of esters is 1. The molecule has 1 rings (SSSR count). The number of hydrogen-bond donors (Lipinski definition) is 0. The molecule has 0 bridgehead atoms. The smallest absolute Gasteiger partial charge is 0.336 e. The molecule has 0 aliphatic rings. The second-order valence-corrected chi connectivity index (χ2v) is 7.84. The Hall–Kier alpha value is -1.68. The average molecular weight is 433 g/mol. The first-order valence-corrected chi connectivity index (χ1v) is 11.6. The molecule has 0 N–H and O–H groups in total. The quantitative estimate of drug-likeness (QED) is 0.223. The van der Waals surface area contributed by atoms with Crippen molar-refractivity contribution in [3.8, 4) is 5.75 Å². The van der Waals surface area contributed by atoms with Crippen LogP contribution in [0.1, 0.15) is 32.3 Å². The van der Waals surface area contributed by atoms with Gasteiger partial charge in [0.1, 0.15) is 12.4 Å². The van der Waals surface area contributed by atoms with Crippen molar-refractivity contribution in [1.82, 2.24) is 0 Å². The number of ether oxygens (including phenoxy) is 4. The monoisotopic (exact) mass is 432 g/mol. The van der Waals surface area contributed by atoms with Gasteiger partial charge in [0.25, 0.3) is 10.1 Å². The Balaban J connectivity index is 2.35. The highest BCUT2D eigenvalue weighted by Crippen LogP contribution is 2.16. The van der Waals surface area contributed by atoms with Crippen molar-refractivity contribution < 1.29 is 36.3 Å². The fourth-order valence-corrected chi connectivity index (χ4v) is 3.07. The minimum atomic E-state index is -3.74. The van der Waals surface area contributed by atoms with Gasteiger partial charge in [-0.05, 0) is 50.8 Å². The lowest BCUT2D eigenvalue weighted by Crippen LogP contribution is -2.29. The summed E-state index contributed by atoms with van der Waals surface area (Å²) in [7, 11) is -3.74. The molecule has 29 heavy (non-hydrogen) atoms. The van der Waals surface area contributed by atoms with Crippen LogP contribution in [0.5, 0.6) is 5.75 Å². The van der Waals surface area contributed by atoms with E-state index in [9.17, 15) is 13.2 Å². The third kappa shape index (κ3) is 12.5. The zero-order chi connectivity index (χ0) is 21.5. The van der Waals surface area contributed by atoms with Gasteiger partial charge in [-0.3, -0.25) is 4.18 Å². The van der Waals surface area contributed by atoms with Crippen molar-refractivity contribution in [3.63, 3.8) is 0 Å². The summed E-state index contributed by atoms with van der Waals surface area (Å²) in [5, 5.41) is 0. The summed E-state index contributed by atoms with van der Waals surface area (Å²) in [6.07, 6.45) is 1.30. The zero-order valence-electron chi connectivity index (χ0n) is 17.4. The topological polar surface area (TPSA) is 97.4 Å². The van der Waals surface area contributed by atoms with Crippen LogP contribution in [0.15, 0.2) is 24.3 Å². The number of carbonyl (C=O) groups is 1. The summed E-state index contributed by atoms with van der Waals surface area (Å²) in [6.45, 7) is 6.52. The summed E-state index contributed by atoms with van der Waals surface area (Å²) in [5.74, 6) is 0.0807. The van der Waals surface area contributed by atoms with E-state index in [1.54, 1.807) is 6.92 Å². The Kier molecular flexibility index (Phi) is 12.5. The van der Waals surface area contributed by atoms with E-state index in [0.29, 0.717) is 45.9 Å². The van der Waals surface area contributed by atoms with Crippen LogP contribution >= 0.6 is 0 Å². The number of carbonyl (C=O) groups excluding carboxylic acids is 1. The molecule has 0 amide bonds. The van der Waals surface area contributed by atoms with Gasteiger partial charge in [-0.25, -0.2) is 4.79 Å². The van der Waals surface area contributed by atoms with Crippen molar-refractivity contribution in [2.24, 2.45) is 0 Å². The zero-order valence-corrected chi connectivity index (χ0v) is 18.2. The Labute approximate surface area is 173 Å². The second-order valence-electron chi connectivity index (χ2n) is 6.23. The maximum Gasteiger partial charge on any atom is 0.336 e. The van der Waals surface area contributed by atoms with Gasteiger partial charge in [-0.2, -0.15) is 8.42 Å². The highest BCUT2D eigenvalue weighted by Gasteiger charge is 2.24.